The zero-order valence-electron chi connectivity index (χ0n) is 27.7. The van der Waals surface area contributed by atoms with Gasteiger partial charge in [-0.25, -0.2) is 0 Å². The molecule has 7 amide bonds. The summed E-state index contributed by atoms with van der Waals surface area (Å²) in [5.41, 5.74) is 7.98. The number of imide groups is 2. The number of amides is 7. The number of benzene rings is 3. The average molecular weight is 731 g/mol. The third-order valence-corrected chi connectivity index (χ3v) is 11.7. The molecular formula is C37H33Cl2N5O7. The summed E-state index contributed by atoms with van der Waals surface area (Å²) in [4.78, 5) is 91.4. The predicted molar refractivity (Wildman–Crippen MR) is 185 cm³/mol. The maximum Gasteiger partial charge on any atom is 0.255 e. The Morgan fingerprint density at radius 1 is 0.686 bits per heavy atom. The molecule has 2 fully saturated rings. The minimum atomic E-state index is -1.20. The number of alkyl halides is 2. The highest BCUT2D eigenvalue weighted by atomic mass is 35.5. The number of primary amides is 1. The molecule has 4 aliphatic rings. The van der Waals surface area contributed by atoms with Gasteiger partial charge in [0.15, 0.2) is 0 Å². The molecule has 0 aliphatic carbocycles. The Morgan fingerprint density at radius 3 is 1.57 bits per heavy atom. The van der Waals surface area contributed by atoms with E-state index in [2.05, 4.69) is 10.6 Å². The fraction of sp³-hybridized carbons (Fsp3) is 0.324. The first kappa shape index (κ1) is 34.4. The van der Waals surface area contributed by atoms with Crippen molar-refractivity contribution in [3.63, 3.8) is 0 Å². The molecule has 3 aromatic rings. The largest absolute Gasteiger partial charge is 0.366 e. The van der Waals surface area contributed by atoms with Crippen molar-refractivity contribution in [2.24, 2.45) is 5.73 Å². The minimum Gasteiger partial charge on any atom is -0.366 e. The summed E-state index contributed by atoms with van der Waals surface area (Å²) in [7, 11) is 0. The van der Waals surface area contributed by atoms with Crippen LogP contribution in [0.15, 0.2) is 54.6 Å². The van der Waals surface area contributed by atoms with Crippen molar-refractivity contribution in [2.75, 3.05) is 0 Å². The topological polar surface area (TPSA) is 176 Å². The van der Waals surface area contributed by atoms with Crippen LogP contribution < -0.4 is 16.4 Å². The molecule has 262 valence electrons. The van der Waals surface area contributed by atoms with Gasteiger partial charge in [-0.15, -0.1) is 23.2 Å². The molecule has 51 heavy (non-hydrogen) atoms. The summed E-state index contributed by atoms with van der Waals surface area (Å²) >= 11 is 14.3. The maximum atomic E-state index is 13.5. The molecule has 12 nitrogen and oxygen atoms in total. The van der Waals surface area contributed by atoms with E-state index in [1.165, 1.54) is 9.80 Å². The summed E-state index contributed by atoms with van der Waals surface area (Å²) in [5, 5.41) is 3.04. The van der Waals surface area contributed by atoms with Crippen LogP contribution in [0.5, 0.6) is 0 Å². The number of carbonyl (C=O) groups excluding carboxylic acids is 7. The van der Waals surface area contributed by atoms with Crippen molar-refractivity contribution in [1.82, 2.24) is 20.4 Å². The zero-order chi connectivity index (χ0) is 36.6. The summed E-state index contributed by atoms with van der Waals surface area (Å²) in [6.07, 6.45) is 0.652. The number of nitrogens with zero attached hydrogens (tertiary/aromatic N) is 2. The number of halogens is 2. The monoisotopic (exact) mass is 729 g/mol. The fourth-order valence-electron chi connectivity index (χ4n) is 7.43. The van der Waals surface area contributed by atoms with Crippen molar-refractivity contribution in [3.8, 4) is 0 Å². The summed E-state index contributed by atoms with van der Waals surface area (Å²) in [6, 6.07) is 15.2. The third-order valence-electron chi connectivity index (χ3n) is 10.7. The Labute approximate surface area is 302 Å². The Bertz CT molecular complexity index is 2120. The summed E-state index contributed by atoms with van der Waals surface area (Å²) in [6.45, 7) is 3.58. The first-order valence-corrected chi connectivity index (χ1v) is 17.3. The lowest BCUT2D eigenvalue weighted by Gasteiger charge is -2.39. The molecular weight excluding hydrogens is 697 g/mol. The number of nitrogens with two attached hydrogens (primary N) is 1. The van der Waals surface area contributed by atoms with E-state index in [4.69, 9.17) is 28.9 Å². The lowest BCUT2D eigenvalue weighted by molar-refractivity contribution is -0.143. The first-order chi connectivity index (χ1) is 24.1. The second kappa shape index (κ2) is 12.3. The smallest absolute Gasteiger partial charge is 0.255 e. The standard InChI is InChI=1S/C37H33Cl2N5O7/c1-36(11-9-27(45)41-34(36)50)43-16-21-13-18(3-6-23(21)32(43)48)29(38)25-8-5-20(31(40)47)15-26(25)30(39)19-4-7-24-22(14-19)17-44(33(24)49)37(2)12-10-28(46)42-35(37)51/h3-8,13-15,29-30H,9-12,16-17H2,1-2H3,(H2,40,47)(H,41,45,50)(H,42,46,51). The van der Waals surface area contributed by atoms with Gasteiger partial charge in [-0.1, -0.05) is 30.3 Å². The molecule has 2 saturated heterocycles. The van der Waals surface area contributed by atoms with Gasteiger partial charge in [-0.3, -0.25) is 44.2 Å². The molecule has 4 N–H and O–H groups in total. The zero-order valence-corrected chi connectivity index (χ0v) is 29.2. The normalized spacial score (nSPS) is 24.2. The number of hydrogen-bond acceptors (Lipinski definition) is 7. The number of piperidine rings is 2. The summed E-state index contributed by atoms with van der Waals surface area (Å²) < 4.78 is 0. The van der Waals surface area contributed by atoms with E-state index >= 15 is 0 Å². The van der Waals surface area contributed by atoms with Gasteiger partial charge >= 0.3 is 0 Å². The van der Waals surface area contributed by atoms with Crippen molar-refractivity contribution in [1.29, 1.82) is 0 Å². The predicted octanol–water partition coefficient (Wildman–Crippen LogP) is 3.74. The van der Waals surface area contributed by atoms with E-state index in [9.17, 15) is 33.6 Å². The molecule has 4 heterocycles. The van der Waals surface area contributed by atoms with Gasteiger partial charge in [0.05, 0.1) is 10.8 Å². The molecule has 0 bridgehead atoms. The first-order valence-electron chi connectivity index (χ1n) is 16.4. The van der Waals surface area contributed by atoms with Crippen LogP contribution >= 0.6 is 23.2 Å². The van der Waals surface area contributed by atoms with Gasteiger partial charge < -0.3 is 15.5 Å². The molecule has 0 radical (unpaired) electrons. The third kappa shape index (κ3) is 5.57. The Kier molecular flexibility index (Phi) is 8.30. The van der Waals surface area contributed by atoms with Crippen molar-refractivity contribution in [2.45, 2.75) is 74.5 Å². The highest BCUT2D eigenvalue weighted by Crippen LogP contribution is 2.43. The van der Waals surface area contributed by atoms with Crippen LogP contribution in [0.25, 0.3) is 0 Å². The Hall–Kier alpha value is -5.07. The van der Waals surface area contributed by atoms with Crippen LogP contribution in [0, 0.1) is 0 Å². The van der Waals surface area contributed by atoms with Crippen LogP contribution in [0.4, 0.5) is 0 Å². The van der Waals surface area contributed by atoms with Gasteiger partial charge in [0.1, 0.15) is 11.1 Å². The number of nitrogens with one attached hydrogen (secondary N) is 2. The molecule has 0 spiro atoms. The molecule has 4 atom stereocenters. The van der Waals surface area contributed by atoms with E-state index in [0.717, 1.165) is 0 Å². The molecule has 3 aromatic carbocycles. The van der Waals surface area contributed by atoms with Gasteiger partial charge in [0.25, 0.3) is 23.6 Å². The molecule has 0 saturated carbocycles. The molecule has 0 aromatic heterocycles. The van der Waals surface area contributed by atoms with Gasteiger partial charge in [0, 0.05) is 42.6 Å². The van der Waals surface area contributed by atoms with Crippen LogP contribution in [0.1, 0.15) is 115 Å². The van der Waals surface area contributed by atoms with E-state index in [-0.39, 0.29) is 68.0 Å². The number of fused-ring (bicyclic) bond motifs is 2. The van der Waals surface area contributed by atoms with Crippen molar-refractivity contribution in [3.05, 3.63) is 105 Å². The second-order valence-corrected chi connectivity index (χ2v) is 14.7. The number of hydrogen-bond donors (Lipinski definition) is 3. The van der Waals surface area contributed by atoms with E-state index in [1.807, 2.05) is 0 Å². The molecule has 4 aliphatic heterocycles. The van der Waals surface area contributed by atoms with Crippen molar-refractivity contribution < 1.29 is 33.6 Å². The van der Waals surface area contributed by atoms with Crippen LogP contribution in [-0.2, 0) is 32.3 Å². The maximum absolute atomic E-state index is 13.5. The van der Waals surface area contributed by atoms with E-state index < -0.39 is 39.6 Å². The quantitative estimate of drug-likeness (QED) is 0.245. The average Bonchev–Trinajstić information content (AvgIpc) is 3.63. The van der Waals surface area contributed by atoms with Crippen LogP contribution in [-0.4, -0.2) is 62.2 Å². The van der Waals surface area contributed by atoms with Crippen LogP contribution in [0.3, 0.4) is 0 Å². The van der Waals surface area contributed by atoms with Gasteiger partial charge in [0.2, 0.25) is 17.7 Å². The van der Waals surface area contributed by atoms with Crippen LogP contribution in [0.2, 0.25) is 0 Å². The number of carbonyl (C=O) groups is 7. The van der Waals surface area contributed by atoms with E-state index in [0.29, 0.717) is 44.5 Å². The fourth-order valence-corrected chi connectivity index (χ4v) is 8.09. The van der Waals surface area contributed by atoms with Crippen molar-refractivity contribution >= 4 is 64.6 Å². The molecule has 7 rings (SSSR count). The highest BCUT2D eigenvalue weighted by molar-refractivity contribution is 6.25. The van der Waals surface area contributed by atoms with Gasteiger partial charge in [-0.05, 0) is 84.3 Å². The lowest BCUT2D eigenvalue weighted by Crippen LogP contribution is -2.61. The summed E-state index contributed by atoms with van der Waals surface area (Å²) in [5.74, 6) is -3.10. The van der Waals surface area contributed by atoms with E-state index in [1.54, 1.807) is 68.4 Å². The second-order valence-electron chi connectivity index (χ2n) is 13.9. The SMILES string of the molecule is CC1(N2Cc3cc(C(Cl)c4ccc(C(N)=O)cc4C(Cl)c4ccc5c(c4)CN(C4(C)CCC(=O)NC4=O)C5=O)ccc3C2=O)CCC(=O)NC1=O. The Balaban J connectivity index is 1.19. The van der Waals surface area contributed by atoms with Gasteiger partial charge in [-0.2, -0.15) is 0 Å². The number of rotatable bonds is 7. The highest BCUT2D eigenvalue weighted by Gasteiger charge is 2.50. The lowest BCUT2D eigenvalue weighted by atomic mass is 9.89. The minimum absolute atomic E-state index is 0.118. The molecule has 14 heteroatoms. The molecule has 4 unspecified atom stereocenters. The Morgan fingerprint density at radius 2 is 1.14 bits per heavy atom.